The quantitative estimate of drug-likeness (QED) is 0.915. The molecule has 0 aromatic heterocycles. The second-order valence-electron chi connectivity index (χ2n) is 8.19. The SMILES string of the molecule is CCN1C(=O)C(C)(C)COc2cc(NC(=O)CC(C)(C)C)ccc21. The number of ether oxygens (including phenoxy) is 1. The topological polar surface area (TPSA) is 58.6 Å². The third-order valence-corrected chi connectivity index (χ3v) is 3.95. The van der Waals surface area contributed by atoms with E-state index in [0.717, 1.165) is 5.69 Å². The lowest BCUT2D eigenvalue weighted by Gasteiger charge is -2.26. The van der Waals surface area contributed by atoms with Crippen LogP contribution in [0.4, 0.5) is 11.4 Å². The van der Waals surface area contributed by atoms with Gasteiger partial charge in [0.05, 0.1) is 11.1 Å². The van der Waals surface area contributed by atoms with Gasteiger partial charge in [-0.1, -0.05) is 20.8 Å². The lowest BCUT2D eigenvalue weighted by molar-refractivity contribution is -0.127. The van der Waals surface area contributed by atoms with Crippen molar-refractivity contribution in [2.75, 3.05) is 23.4 Å². The number of rotatable bonds is 3. The molecule has 0 unspecified atom stereocenters. The average molecular weight is 332 g/mol. The molecule has 0 saturated heterocycles. The summed E-state index contributed by atoms with van der Waals surface area (Å²) in [5.41, 5.74) is 0.792. The minimum atomic E-state index is -0.579. The first-order valence-electron chi connectivity index (χ1n) is 8.42. The highest BCUT2D eigenvalue weighted by atomic mass is 16.5. The predicted molar refractivity (Wildman–Crippen MR) is 96.4 cm³/mol. The maximum Gasteiger partial charge on any atom is 0.236 e. The van der Waals surface area contributed by atoms with Crippen molar-refractivity contribution in [2.24, 2.45) is 10.8 Å². The monoisotopic (exact) mass is 332 g/mol. The molecule has 24 heavy (non-hydrogen) atoms. The van der Waals surface area contributed by atoms with E-state index in [0.29, 0.717) is 31.0 Å². The van der Waals surface area contributed by atoms with Crippen molar-refractivity contribution < 1.29 is 14.3 Å². The van der Waals surface area contributed by atoms with Gasteiger partial charge < -0.3 is 15.0 Å². The van der Waals surface area contributed by atoms with Gasteiger partial charge in [0.1, 0.15) is 12.4 Å². The summed E-state index contributed by atoms with van der Waals surface area (Å²) in [7, 11) is 0. The van der Waals surface area contributed by atoms with Gasteiger partial charge in [-0.2, -0.15) is 0 Å². The summed E-state index contributed by atoms with van der Waals surface area (Å²) >= 11 is 0. The van der Waals surface area contributed by atoms with Crippen LogP contribution in [0.5, 0.6) is 5.75 Å². The zero-order valence-corrected chi connectivity index (χ0v) is 15.5. The molecule has 1 aromatic rings. The smallest absolute Gasteiger partial charge is 0.236 e. The van der Waals surface area contributed by atoms with Crippen LogP contribution in [0.1, 0.15) is 48.0 Å². The van der Waals surface area contributed by atoms with E-state index in [9.17, 15) is 9.59 Å². The second-order valence-corrected chi connectivity index (χ2v) is 8.19. The van der Waals surface area contributed by atoms with E-state index >= 15 is 0 Å². The number of carbonyl (C=O) groups excluding carboxylic acids is 2. The average Bonchev–Trinajstić information content (AvgIpc) is 2.53. The van der Waals surface area contributed by atoms with Crippen LogP contribution in [0, 0.1) is 10.8 Å². The van der Waals surface area contributed by atoms with Gasteiger partial charge in [0, 0.05) is 24.7 Å². The molecule has 1 N–H and O–H groups in total. The molecule has 5 nitrogen and oxygen atoms in total. The molecule has 0 saturated carbocycles. The van der Waals surface area contributed by atoms with E-state index < -0.39 is 5.41 Å². The Hall–Kier alpha value is -2.04. The van der Waals surface area contributed by atoms with Crippen molar-refractivity contribution in [3.05, 3.63) is 18.2 Å². The van der Waals surface area contributed by atoms with Crippen molar-refractivity contribution in [1.82, 2.24) is 0 Å². The van der Waals surface area contributed by atoms with Crippen LogP contribution in [0.3, 0.4) is 0 Å². The second kappa shape index (κ2) is 6.46. The molecule has 1 aromatic carbocycles. The zero-order valence-electron chi connectivity index (χ0n) is 15.5. The Balaban J connectivity index is 2.27. The minimum Gasteiger partial charge on any atom is -0.490 e. The minimum absolute atomic E-state index is 0.0279. The molecule has 0 fully saturated rings. The summed E-state index contributed by atoms with van der Waals surface area (Å²) in [6.07, 6.45) is 0.442. The highest BCUT2D eigenvalue weighted by Crippen LogP contribution is 2.38. The van der Waals surface area contributed by atoms with Crippen molar-refractivity contribution in [2.45, 2.75) is 48.0 Å². The Morgan fingerprint density at radius 3 is 2.58 bits per heavy atom. The number of anilines is 2. The molecule has 132 valence electrons. The fourth-order valence-electron chi connectivity index (χ4n) is 2.73. The van der Waals surface area contributed by atoms with E-state index in [1.54, 1.807) is 11.0 Å². The fourth-order valence-corrected chi connectivity index (χ4v) is 2.73. The van der Waals surface area contributed by atoms with Gasteiger partial charge >= 0.3 is 0 Å². The molecule has 0 aliphatic carbocycles. The van der Waals surface area contributed by atoms with Gasteiger partial charge in [-0.15, -0.1) is 0 Å². The third kappa shape index (κ3) is 4.08. The van der Waals surface area contributed by atoms with Gasteiger partial charge in [-0.25, -0.2) is 0 Å². The molecule has 1 aliphatic rings. The summed E-state index contributed by atoms with van der Waals surface area (Å²) in [6, 6.07) is 5.45. The van der Waals surface area contributed by atoms with Crippen LogP contribution < -0.4 is 15.0 Å². The Kier molecular flexibility index (Phi) is 4.92. The summed E-state index contributed by atoms with van der Waals surface area (Å²) in [4.78, 5) is 26.5. The normalized spacial score (nSPS) is 16.9. The highest BCUT2D eigenvalue weighted by molar-refractivity contribution is 6.00. The first kappa shape index (κ1) is 18.3. The molecule has 0 spiro atoms. The van der Waals surface area contributed by atoms with E-state index in [-0.39, 0.29) is 17.2 Å². The number of amides is 2. The maximum absolute atomic E-state index is 12.7. The summed E-state index contributed by atoms with van der Waals surface area (Å²) in [6.45, 7) is 12.7. The van der Waals surface area contributed by atoms with Crippen LogP contribution in [-0.4, -0.2) is 25.0 Å². The van der Waals surface area contributed by atoms with Gasteiger partial charge in [-0.05, 0) is 38.3 Å². The standard InChI is InChI=1S/C19H28N2O3/c1-7-21-14-9-8-13(20-16(22)11-18(2,3)4)10-15(14)24-12-19(5,6)17(21)23/h8-10H,7,11-12H2,1-6H3,(H,20,22). The van der Waals surface area contributed by atoms with Gasteiger partial charge in [0.15, 0.2) is 0 Å². The molecule has 1 aliphatic heterocycles. The van der Waals surface area contributed by atoms with Gasteiger partial charge in [0.2, 0.25) is 11.8 Å². The zero-order chi connectivity index (χ0) is 18.1. The number of carbonyl (C=O) groups is 2. The molecule has 2 rings (SSSR count). The number of hydrogen-bond donors (Lipinski definition) is 1. The molecule has 1 heterocycles. The molecule has 0 bridgehead atoms. The number of hydrogen-bond acceptors (Lipinski definition) is 3. The van der Waals surface area contributed by atoms with E-state index in [2.05, 4.69) is 5.32 Å². The van der Waals surface area contributed by atoms with E-state index in [4.69, 9.17) is 4.74 Å². The molecule has 2 amide bonds. The summed E-state index contributed by atoms with van der Waals surface area (Å²) < 4.78 is 5.88. The Morgan fingerprint density at radius 1 is 1.33 bits per heavy atom. The van der Waals surface area contributed by atoms with Crippen LogP contribution in [0.15, 0.2) is 18.2 Å². The lowest BCUT2D eigenvalue weighted by atomic mass is 9.92. The summed E-state index contributed by atoms with van der Waals surface area (Å²) in [5, 5.41) is 2.91. The predicted octanol–water partition coefficient (Wildman–Crippen LogP) is 3.83. The first-order valence-corrected chi connectivity index (χ1v) is 8.42. The molecular formula is C19H28N2O3. The number of nitrogens with one attached hydrogen (secondary N) is 1. The third-order valence-electron chi connectivity index (χ3n) is 3.95. The lowest BCUT2D eigenvalue weighted by Crippen LogP contribution is -2.42. The van der Waals surface area contributed by atoms with Crippen molar-refractivity contribution in [3.63, 3.8) is 0 Å². The van der Waals surface area contributed by atoms with E-state index in [1.807, 2.05) is 53.7 Å². The van der Waals surface area contributed by atoms with Crippen molar-refractivity contribution >= 4 is 23.2 Å². The Labute approximate surface area is 144 Å². The van der Waals surface area contributed by atoms with Gasteiger partial charge in [0.25, 0.3) is 0 Å². The fraction of sp³-hybridized carbons (Fsp3) is 0.579. The van der Waals surface area contributed by atoms with Crippen LogP contribution >= 0.6 is 0 Å². The van der Waals surface area contributed by atoms with Crippen LogP contribution in [0.25, 0.3) is 0 Å². The number of benzene rings is 1. The van der Waals surface area contributed by atoms with Crippen LogP contribution in [-0.2, 0) is 9.59 Å². The molecule has 5 heteroatoms. The Bertz CT molecular complexity index is 645. The summed E-state index contributed by atoms with van der Waals surface area (Å²) in [5.74, 6) is 0.650. The number of nitrogens with zero attached hydrogens (tertiary/aromatic N) is 1. The van der Waals surface area contributed by atoms with Crippen molar-refractivity contribution in [1.29, 1.82) is 0 Å². The number of fused-ring (bicyclic) bond motifs is 1. The highest BCUT2D eigenvalue weighted by Gasteiger charge is 2.37. The van der Waals surface area contributed by atoms with Crippen LogP contribution in [0.2, 0.25) is 0 Å². The Morgan fingerprint density at radius 2 is 2.00 bits per heavy atom. The first-order chi connectivity index (χ1) is 11.0. The van der Waals surface area contributed by atoms with Gasteiger partial charge in [-0.3, -0.25) is 9.59 Å². The molecule has 0 atom stereocenters. The van der Waals surface area contributed by atoms with E-state index in [1.165, 1.54) is 0 Å². The van der Waals surface area contributed by atoms with Crippen molar-refractivity contribution in [3.8, 4) is 5.75 Å². The molecule has 0 radical (unpaired) electrons. The maximum atomic E-state index is 12.7. The molecular weight excluding hydrogens is 304 g/mol. The largest absolute Gasteiger partial charge is 0.490 e.